The average molecular weight is 387 g/mol. The zero-order chi connectivity index (χ0) is 20.7. The lowest BCUT2D eigenvalue weighted by molar-refractivity contribution is 0.517. The Balaban J connectivity index is 1.80. The van der Waals surface area contributed by atoms with E-state index in [0.29, 0.717) is 18.7 Å². The number of nitrogens with two attached hydrogens (primary N) is 1. The van der Waals surface area contributed by atoms with Gasteiger partial charge in [-0.1, -0.05) is 18.2 Å². The maximum atomic E-state index is 12.5. The molecule has 5 heteroatoms. The van der Waals surface area contributed by atoms with Crippen molar-refractivity contribution >= 4 is 11.1 Å². The van der Waals surface area contributed by atoms with Crippen molar-refractivity contribution in [3.63, 3.8) is 0 Å². The standard InChI is InChI=1S/C24H25N3O2/c1-14-5-6-21-22(7-14)29-24(28)27(21)13-19-10-20(26-12-17(19)4)23-15(2)8-18(11-25)9-16(23)3/h5-10,12H,11,13,25H2,1-4H3. The van der Waals surface area contributed by atoms with Gasteiger partial charge in [0.1, 0.15) is 0 Å². The molecule has 2 N–H and O–H groups in total. The molecule has 0 radical (unpaired) electrons. The summed E-state index contributed by atoms with van der Waals surface area (Å²) in [7, 11) is 0. The van der Waals surface area contributed by atoms with Crippen LogP contribution < -0.4 is 11.5 Å². The molecule has 0 spiro atoms. The molecular weight excluding hydrogens is 362 g/mol. The normalized spacial score (nSPS) is 11.3. The second-order valence-corrected chi connectivity index (χ2v) is 7.73. The van der Waals surface area contributed by atoms with Gasteiger partial charge in [0.05, 0.1) is 17.8 Å². The smallest absolute Gasteiger partial charge is 0.408 e. The third kappa shape index (κ3) is 3.49. The molecule has 4 aromatic rings. The first-order valence-corrected chi connectivity index (χ1v) is 9.73. The van der Waals surface area contributed by atoms with Crippen LogP contribution in [0.5, 0.6) is 0 Å². The van der Waals surface area contributed by atoms with Crippen LogP contribution in [0.25, 0.3) is 22.4 Å². The molecular formula is C24H25N3O2. The minimum atomic E-state index is -0.344. The summed E-state index contributed by atoms with van der Waals surface area (Å²) in [5.74, 6) is -0.344. The van der Waals surface area contributed by atoms with Gasteiger partial charge in [0.25, 0.3) is 0 Å². The lowest BCUT2D eigenvalue weighted by atomic mass is 9.95. The Labute approximate surface area is 169 Å². The van der Waals surface area contributed by atoms with E-state index in [4.69, 9.17) is 10.2 Å². The van der Waals surface area contributed by atoms with Crippen LogP contribution in [0, 0.1) is 27.7 Å². The van der Waals surface area contributed by atoms with E-state index < -0.39 is 0 Å². The van der Waals surface area contributed by atoms with Crippen molar-refractivity contribution < 1.29 is 4.42 Å². The van der Waals surface area contributed by atoms with E-state index in [1.165, 1.54) is 0 Å². The third-order valence-electron chi connectivity index (χ3n) is 5.45. The molecule has 0 atom stereocenters. The van der Waals surface area contributed by atoms with Crippen LogP contribution in [-0.2, 0) is 13.1 Å². The van der Waals surface area contributed by atoms with Crippen LogP contribution in [0.4, 0.5) is 0 Å². The van der Waals surface area contributed by atoms with Crippen molar-refractivity contribution in [2.75, 3.05) is 0 Å². The molecule has 2 aromatic heterocycles. The summed E-state index contributed by atoms with van der Waals surface area (Å²) in [6, 6.07) is 12.1. The van der Waals surface area contributed by atoms with E-state index in [2.05, 4.69) is 37.0 Å². The zero-order valence-corrected chi connectivity index (χ0v) is 17.2. The summed E-state index contributed by atoms with van der Waals surface area (Å²) in [5.41, 5.74) is 15.8. The van der Waals surface area contributed by atoms with Crippen molar-refractivity contribution in [2.24, 2.45) is 5.73 Å². The van der Waals surface area contributed by atoms with Crippen LogP contribution in [0.3, 0.4) is 0 Å². The predicted molar refractivity (Wildman–Crippen MR) is 116 cm³/mol. The second kappa shape index (κ2) is 7.33. The molecule has 0 aliphatic heterocycles. The van der Waals surface area contributed by atoms with Gasteiger partial charge in [-0.15, -0.1) is 0 Å². The molecule has 2 aromatic carbocycles. The van der Waals surface area contributed by atoms with Crippen LogP contribution >= 0.6 is 0 Å². The van der Waals surface area contributed by atoms with Crippen LogP contribution in [-0.4, -0.2) is 9.55 Å². The maximum Gasteiger partial charge on any atom is 0.420 e. The number of rotatable bonds is 4. The van der Waals surface area contributed by atoms with E-state index in [9.17, 15) is 4.79 Å². The highest BCUT2D eigenvalue weighted by atomic mass is 16.4. The summed E-state index contributed by atoms with van der Waals surface area (Å²) in [5, 5.41) is 0. The Kier molecular flexibility index (Phi) is 4.84. The number of hydrogen-bond acceptors (Lipinski definition) is 4. The zero-order valence-electron chi connectivity index (χ0n) is 17.2. The summed E-state index contributed by atoms with van der Waals surface area (Å²) >= 11 is 0. The molecule has 0 aliphatic rings. The van der Waals surface area contributed by atoms with Gasteiger partial charge in [0.15, 0.2) is 5.58 Å². The SMILES string of the molecule is Cc1ccc2c(c1)oc(=O)n2Cc1cc(-c2c(C)cc(CN)cc2C)ncc1C. The Morgan fingerprint density at radius 1 is 1.00 bits per heavy atom. The van der Waals surface area contributed by atoms with Gasteiger partial charge in [0.2, 0.25) is 0 Å². The summed E-state index contributed by atoms with van der Waals surface area (Å²) in [4.78, 5) is 17.1. The lowest BCUT2D eigenvalue weighted by Gasteiger charge is -2.14. The van der Waals surface area contributed by atoms with Crippen LogP contribution in [0.15, 0.2) is 51.8 Å². The van der Waals surface area contributed by atoms with Gasteiger partial charge in [-0.25, -0.2) is 4.79 Å². The average Bonchev–Trinajstić information content (AvgIpc) is 2.97. The molecule has 4 rings (SSSR count). The molecule has 5 nitrogen and oxygen atoms in total. The molecule has 29 heavy (non-hydrogen) atoms. The number of oxazole rings is 1. The van der Waals surface area contributed by atoms with Crippen LogP contribution in [0.1, 0.15) is 33.4 Å². The molecule has 0 saturated carbocycles. The lowest BCUT2D eigenvalue weighted by Crippen LogP contribution is -2.15. The number of aromatic nitrogens is 2. The number of pyridine rings is 1. The van der Waals surface area contributed by atoms with Gasteiger partial charge >= 0.3 is 5.76 Å². The Morgan fingerprint density at radius 3 is 2.41 bits per heavy atom. The molecule has 0 aliphatic carbocycles. The fourth-order valence-corrected chi connectivity index (χ4v) is 3.94. The van der Waals surface area contributed by atoms with E-state index in [0.717, 1.165) is 50.2 Å². The highest BCUT2D eigenvalue weighted by Crippen LogP contribution is 2.29. The molecule has 0 unspecified atom stereocenters. The first kappa shape index (κ1) is 19.2. The van der Waals surface area contributed by atoms with Gasteiger partial charge in [-0.05, 0) is 79.3 Å². The second-order valence-electron chi connectivity index (χ2n) is 7.73. The van der Waals surface area contributed by atoms with Gasteiger partial charge < -0.3 is 10.2 Å². The maximum absolute atomic E-state index is 12.5. The minimum absolute atomic E-state index is 0.344. The van der Waals surface area contributed by atoms with E-state index >= 15 is 0 Å². The van der Waals surface area contributed by atoms with Crippen molar-refractivity contribution in [2.45, 2.75) is 40.8 Å². The topological polar surface area (TPSA) is 74.0 Å². The third-order valence-corrected chi connectivity index (χ3v) is 5.45. The molecule has 0 bridgehead atoms. The first-order valence-electron chi connectivity index (χ1n) is 9.73. The monoisotopic (exact) mass is 387 g/mol. The molecule has 148 valence electrons. The number of aryl methyl sites for hydroxylation is 4. The number of nitrogens with zero attached hydrogens (tertiary/aromatic N) is 2. The fourth-order valence-electron chi connectivity index (χ4n) is 3.94. The van der Waals surface area contributed by atoms with Crippen LogP contribution in [0.2, 0.25) is 0 Å². The molecule has 0 saturated heterocycles. The number of fused-ring (bicyclic) bond motifs is 1. The Bertz CT molecular complexity index is 1260. The molecule has 2 heterocycles. The van der Waals surface area contributed by atoms with Crippen molar-refractivity contribution in [3.05, 3.63) is 86.5 Å². The fraction of sp³-hybridized carbons (Fsp3) is 0.250. The summed E-state index contributed by atoms with van der Waals surface area (Å²) < 4.78 is 7.13. The van der Waals surface area contributed by atoms with Gasteiger partial charge in [-0.2, -0.15) is 0 Å². The summed E-state index contributed by atoms with van der Waals surface area (Å²) in [6.45, 7) is 9.12. The quantitative estimate of drug-likeness (QED) is 0.563. The predicted octanol–water partition coefficient (Wildman–Crippen LogP) is 4.40. The molecule has 0 amide bonds. The van der Waals surface area contributed by atoms with E-state index in [-0.39, 0.29) is 5.76 Å². The van der Waals surface area contributed by atoms with Crippen molar-refractivity contribution in [1.29, 1.82) is 0 Å². The van der Waals surface area contributed by atoms with E-state index in [1.807, 2.05) is 38.2 Å². The molecule has 0 fully saturated rings. The van der Waals surface area contributed by atoms with Gasteiger partial charge in [-0.3, -0.25) is 9.55 Å². The van der Waals surface area contributed by atoms with Gasteiger partial charge in [0, 0.05) is 18.3 Å². The highest BCUT2D eigenvalue weighted by Gasteiger charge is 2.14. The van der Waals surface area contributed by atoms with E-state index in [1.54, 1.807) is 4.57 Å². The Morgan fingerprint density at radius 2 is 1.72 bits per heavy atom. The highest BCUT2D eigenvalue weighted by molar-refractivity contribution is 5.74. The number of benzene rings is 2. The first-order chi connectivity index (χ1) is 13.9. The largest absolute Gasteiger partial charge is 0.420 e. The minimum Gasteiger partial charge on any atom is -0.408 e. The van der Waals surface area contributed by atoms with Crippen molar-refractivity contribution in [1.82, 2.24) is 9.55 Å². The number of hydrogen-bond donors (Lipinski definition) is 1. The Hall–Kier alpha value is -3.18. The summed E-state index contributed by atoms with van der Waals surface area (Å²) in [6.07, 6.45) is 1.87. The van der Waals surface area contributed by atoms with Crippen molar-refractivity contribution in [3.8, 4) is 11.3 Å².